The van der Waals surface area contributed by atoms with Crippen LogP contribution < -0.4 is 31.9 Å². The molecule has 2 saturated heterocycles. The first-order valence-corrected chi connectivity index (χ1v) is 18.2. The van der Waals surface area contributed by atoms with Crippen LogP contribution in [0.3, 0.4) is 0 Å². The lowest BCUT2D eigenvalue weighted by Crippen LogP contribution is -2.48. The molecule has 0 aromatic heterocycles. The molecule has 2 aliphatic heterocycles. The second-order valence-corrected chi connectivity index (χ2v) is 13.9. The maximum Gasteiger partial charge on any atom is 0.407 e. The van der Waals surface area contributed by atoms with E-state index in [9.17, 15) is 46.6 Å². The summed E-state index contributed by atoms with van der Waals surface area (Å²) in [6.07, 6.45) is 5.22. The third-order valence-electron chi connectivity index (χ3n) is 8.93. The van der Waals surface area contributed by atoms with E-state index in [0.29, 0.717) is 31.1 Å². The van der Waals surface area contributed by atoms with Crippen LogP contribution in [-0.4, -0.2) is 95.9 Å². The van der Waals surface area contributed by atoms with Gasteiger partial charge in [-0.3, -0.25) is 14.4 Å². The summed E-state index contributed by atoms with van der Waals surface area (Å²) < 4.78 is 61.6. The van der Waals surface area contributed by atoms with Crippen molar-refractivity contribution in [2.45, 2.75) is 86.8 Å². The molecule has 0 saturated carbocycles. The van der Waals surface area contributed by atoms with Gasteiger partial charge in [-0.15, -0.1) is 0 Å². The van der Waals surface area contributed by atoms with E-state index >= 15 is 0 Å². The number of nitrogens with zero attached hydrogens (tertiary/aromatic N) is 3. The Kier molecular flexibility index (Phi) is 15.0. The number of alkyl carbamates (subject to hydrolysis) is 1. The Bertz CT molecular complexity index is 1600. The van der Waals surface area contributed by atoms with E-state index in [1.165, 1.54) is 0 Å². The molecule has 2 heterocycles. The lowest BCUT2D eigenvalue weighted by Gasteiger charge is -2.29. The number of allylic oxidation sites excluding steroid dienone is 1. The van der Waals surface area contributed by atoms with E-state index < -0.39 is 70.7 Å². The fourth-order valence-corrected chi connectivity index (χ4v) is 7.65. The number of unbranched alkanes of at least 4 members (excludes halogenated alkanes) is 1. The maximum absolute atomic E-state index is 14.2. The third kappa shape index (κ3) is 11.1. The van der Waals surface area contributed by atoms with Crippen molar-refractivity contribution < 1.29 is 51.4 Å². The standard InChI is InChI=1S/C32H41F4N9O7S/c33-22-21(23(34)25(36)27(24(22)35)44-45-37)28(47)39-14-15-41-31(50)52-17-6-3-4-10-32(51,11-9-17)29(48)40-13-5-12-38-20(46)8-2-1-7-19-26-18(16-53-19)42-30(49)43-26/h3,6,17-19,26,51H,1-2,4-5,7-16H2,(H,38,46)(H,39,47)(H,40,48)(H,41,50)(H2,42,43,49)/b6-3+/t17-,18?,19?,26?,32-/m0/s1. The van der Waals surface area contributed by atoms with Crippen molar-refractivity contribution in [3.63, 3.8) is 0 Å². The molecule has 1 aromatic carbocycles. The van der Waals surface area contributed by atoms with E-state index in [2.05, 4.69) is 36.6 Å². The number of benzene rings is 1. The summed E-state index contributed by atoms with van der Waals surface area (Å²) in [7, 11) is 0. The molecule has 16 nitrogen and oxygen atoms in total. The Morgan fingerprint density at radius 3 is 2.42 bits per heavy atom. The zero-order chi connectivity index (χ0) is 38.5. The molecular formula is C32H41F4N9O7S. The molecule has 2 fully saturated rings. The van der Waals surface area contributed by atoms with Crippen LogP contribution in [0, 0.1) is 23.3 Å². The van der Waals surface area contributed by atoms with Gasteiger partial charge in [0.25, 0.3) is 11.8 Å². The number of amides is 6. The van der Waals surface area contributed by atoms with Gasteiger partial charge in [0.15, 0.2) is 23.3 Å². The van der Waals surface area contributed by atoms with Crippen molar-refractivity contribution in [1.82, 2.24) is 31.9 Å². The number of aliphatic hydroxyl groups is 1. The highest BCUT2D eigenvalue weighted by atomic mass is 32.2. The summed E-state index contributed by atoms with van der Waals surface area (Å²) in [5, 5.41) is 29.6. The van der Waals surface area contributed by atoms with Crippen LogP contribution in [0.4, 0.5) is 32.8 Å². The van der Waals surface area contributed by atoms with Crippen molar-refractivity contribution in [3.05, 3.63) is 51.4 Å². The van der Waals surface area contributed by atoms with Crippen LogP contribution in [0.2, 0.25) is 0 Å². The number of thioether (sulfide) groups is 1. The number of halogens is 4. The van der Waals surface area contributed by atoms with Gasteiger partial charge in [-0.1, -0.05) is 17.6 Å². The first-order valence-electron chi connectivity index (χ1n) is 17.1. The molecule has 21 heteroatoms. The number of hydrogen-bond donors (Lipinski definition) is 7. The Hall–Kier alpha value is -4.75. The van der Waals surface area contributed by atoms with Gasteiger partial charge >= 0.3 is 12.1 Å². The van der Waals surface area contributed by atoms with Crippen molar-refractivity contribution in [2.75, 3.05) is 31.9 Å². The minimum atomic E-state index is -2.07. The normalized spacial score (nSPS) is 23.9. The number of hydrogen-bond acceptors (Lipinski definition) is 9. The molecule has 4 rings (SSSR count). The van der Waals surface area contributed by atoms with Crippen LogP contribution in [0.15, 0.2) is 17.3 Å². The van der Waals surface area contributed by atoms with Gasteiger partial charge in [-0.25, -0.2) is 27.2 Å². The minimum absolute atomic E-state index is 0.0414. The van der Waals surface area contributed by atoms with Crippen LogP contribution in [0.5, 0.6) is 0 Å². The highest BCUT2D eigenvalue weighted by Crippen LogP contribution is 2.33. The zero-order valence-electron chi connectivity index (χ0n) is 28.5. The van der Waals surface area contributed by atoms with Crippen LogP contribution in [0.25, 0.3) is 10.4 Å². The quantitative estimate of drug-likeness (QED) is 0.0192. The minimum Gasteiger partial charge on any atom is -0.442 e. The van der Waals surface area contributed by atoms with Gasteiger partial charge in [-0.05, 0) is 56.6 Å². The Morgan fingerprint density at radius 1 is 0.962 bits per heavy atom. The SMILES string of the molecule is [N-]=[N+]=Nc1c(F)c(F)c(C(=O)NCCNC(=O)O[C@H]2/C=C/CC[C@@](O)(C(=O)NCCCNC(=O)CCCCC3SCC4NC(=O)NC43)CC2)c(F)c1F. The van der Waals surface area contributed by atoms with Gasteiger partial charge in [0.2, 0.25) is 5.91 Å². The average molecular weight is 772 g/mol. The summed E-state index contributed by atoms with van der Waals surface area (Å²) >= 11 is 1.83. The fraction of sp³-hybridized carbons (Fsp3) is 0.594. The van der Waals surface area contributed by atoms with E-state index in [1.54, 1.807) is 12.2 Å². The number of carbonyl (C=O) groups excluding carboxylic acids is 5. The topological polar surface area (TPSA) is 236 Å². The summed E-state index contributed by atoms with van der Waals surface area (Å²) in [6.45, 7) is -0.202. The Morgan fingerprint density at radius 2 is 1.68 bits per heavy atom. The van der Waals surface area contributed by atoms with E-state index in [1.807, 2.05) is 17.1 Å². The van der Waals surface area contributed by atoms with Crippen molar-refractivity contribution >= 4 is 47.3 Å². The molecule has 0 spiro atoms. The summed E-state index contributed by atoms with van der Waals surface area (Å²) in [4.78, 5) is 63.2. The van der Waals surface area contributed by atoms with Crippen LogP contribution in [0.1, 0.15) is 68.1 Å². The predicted molar refractivity (Wildman–Crippen MR) is 183 cm³/mol. The molecule has 7 N–H and O–H groups in total. The molecule has 3 aliphatic rings. The van der Waals surface area contributed by atoms with Gasteiger partial charge in [0.05, 0.1) is 12.1 Å². The Balaban J connectivity index is 1.09. The highest BCUT2D eigenvalue weighted by Gasteiger charge is 2.42. The van der Waals surface area contributed by atoms with E-state index in [-0.39, 0.29) is 56.4 Å². The first-order chi connectivity index (χ1) is 25.3. The molecule has 6 amide bonds. The smallest absolute Gasteiger partial charge is 0.407 e. The number of urea groups is 1. The molecule has 3 unspecified atom stereocenters. The van der Waals surface area contributed by atoms with Crippen molar-refractivity contribution in [2.24, 2.45) is 5.11 Å². The number of rotatable bonds is 16. The van der Waals surface area contributed by atoms with Gasteiger partial charge in [0.1, 0.15) is 23.0 Å². The number of ether oxygens (including phenoxy) is 1. The molecule has 0 bridgehead atoms. The average Bonchev–Trinajstić information content (AvgIpc) is 3.68. The van der Waals surface area contributed by atoms with Crippen molar-refractivity contribution in [1.29, 1.82) is 0 Å². The van der Waals surface area contributed by atoms with Crippen LogP contribution in [-0.2, 0) is 14.3 Å². The van der Waals surface area contributed by atoms with E-state index in [4.69, 9.17) is 10.3 Å². The summed E-state index contributed by atoms with van der Waals surface area (Å²) in [5.41, 5.74) is 3.42. The zero-order valence-corrected chi connectivity index (χ0v) is 29.3. The predicted octanol–water partition coefficient (Wildman–Crippen LogP) is 3.22. The Labute approximate surface area is 305 Å². The summed E-state index contributed by atoms with van der Waals surface area (Å²) in [5.74, 6) is -9.59. The summed E-state index contributed by atoms with van der Waals surface area (Å²) in [6, 6.07) is 0.183. The second kappa shape index (κ2) is 19.4. The lowest BCUT2D eigenvalue weighted by atomic mass is 9.87. The third-order valence-corrected chi connectivity index (χ3v) is 10.4. The largest absolute Gasteiger partial charge is 0.442 e. The van der Waals surface area contributed by atoms with Gasteiger partial charge < -0.3 is 41.7 Å². The fourth-order valence-electron chi connectivity index (χ4n) is 6.10. The molecule has 1 aromatic rings. The maximum atomic E-state index is 14.2. The van der Waals surface area contributed by atoms with E-state index in [0.717, 1.165) is 25.0 Å². The molecule has 53 heavy (non-hydrogen) atoms. The second-order valence-electron chi connectivity index (χ2n) is 12.7. The monoisotopic (exact) mass is 771 g/mol. The molecule has 0 radical (unpaired) electrons. The van der Waals surface area contributed by atoms with Gasteiger partial charge in [0, 0.05) is 48.5 Å². The number of azide groups is 1. The molecule has 5 atom stereocenters. The number of nitrogens with one attached hydrogen (secondary N) is 6. The molecular weight excluding hydrogens is 730 g/mol. The molecule has 290 valence electrons. The van der Waals surface area contributed by atoms with Crippen molar-refractivity contribution in [3.8, 4) is 0 Å². The number of carbonyl (C=O) groups is 5. The molecule has 1 aliphatic carbocycles. The van der Waals surface area contributed by atoms with Crippen LogP contribution >= 0.6 is 11.8 Å². The first kappa shape index (κ1) is 41.0. The van der Waals surface area contributed by atoms with Gasteiger partial charge in [-0.2, -0.15) is 11.8 Å². The highest BCUT2D eigenvalue weighted by molar-refractivity contribution is 8.00. The lowest BCUT2D eigenvalue weighted by molar-refractivity contribution is -0.141. The number of fused-ring (bicyclic) bond motifs is 1.